The van der Waals surface area contributed by atoms with E-state index in [1.54, 1.807) is 0 Å². The number of rotatable bonds is 6. The molecule has 0 aliphatic carbocycles. The molecule has 4 heteroatoms. The molecular formula is C17H33FN2O. The van der Waals surface area contributed by atoms with Gasteiger partial charge in [-0.2, -0.15) is 0 Å². The van der Waals surface area contributed by atoms with Gasteiger partial charge in [-0.05, 0) is 38.1 Å². The molecular weight excluding hydrogens is 267 g/mol. The zero-order valence-corrected chi connectivity index (χ0v) is 14.1. The Morgan fingerprint density at radius 3 is 2.33 bits per heavy atom. The third kappa shape index (κ3) is 5.50. The first-order chi connectivity index (χ1) is 10.1. The molecule has 21 heavy (non-hydrogen) atoms. The van der Waals surface area contributed by atoms with Crippen molar-refractivity contribution in [1.29, 1.82) is 0 Å². The Kier molecular flexibility index (Phi) is 6.90. The summed E-state index contributed by atoms with van der Waals surface area (Å²) in [6, 6.07) is 0. The zero-order chi connectivity index (χ0) is 15.2. The molecule has 0 aromatic heterocycles. The summed E-state index contributed by atoms with van der Waals surface area (Å²) in [5.41, 5.74) is 0. The lowest BCUT2D eigenvalue weighted by molar-refractivity contribution is -0.0988. The van der Waals surface area contributed by atoms with E-state index in [1.807, 2.05) is 0 Å². The molecule has 2 saturated heterocycles. The molecule has 3 nitrogen and oxygen atoms in total. The quantitative estimate of drug-likeness (QED) is 0.750. The predicted molar refractivity (Wildman–Crippen MR) is 85.4 cm³/mol. The Balaban J connectivity index is 1.69. The van der Waals surface area contributed by atoms with Crippen LogP contribution in [0.25, 0.3) is 0 Å². The molecule has 0 spiro atoms. The minimum absolute atomic E-state index is 0.167. The highest BCUT2D eigenvalue weighted by atomic mass is 19.1. The lowest BCUT2D eigenvalue weighted by Crippen LogP contribution is -2.48. The van der Waals surface area contributed by atoms with Crippen molar-refractivity contribution >= 4 is 0 Å². The molecule has 124 valence electrons. The van der Waals surface area contributed by atoms with E-state index in [2.05, 4.69) is 30.6 Å². The number of halogens is 1. The minimum atomic E-state index is -0.806. The van der Waals surface area contributed by atoms with Gasteiger partial charge in [0.05, 0.1) is 12.2 Å². The largest absolute Gasteiger partial charge is 0.372 e. The highest BCUT2D eigenvalue weighted by Crippen LogP contribution is 2.23. The Hall–Kier alpha value is -0.190. The highest BCUT2D eigenvalue weighted by molar-refractivity contribution is 4.83. The third-order valence-corrected chi connectivity index (χ3v) is 4.63. The maximum atomic E-state index is 14.2. The summed E-state index contributed by atoms with van der Waals surface area (Å²) in [7, 11) is 0. The number of likely N-dealkylation sites (tertiary alicyclic amines) is 2. The second kappa shape index (κ2) is 8.44. The average Bonchev–Trinajstić information content (AvgIpc) is 2.44. The molecule has 0 aromatic rings. The van der Waals surface area contributed by atoms with E-state index in [0.717, 1.165) is 57.8 Å². The molecule has 0 aromatic carbocycles. The summed E-state index contributed by atoms with van der Waals surface area (Å²) in [4.78, 5) is 4.75. The van der Waals surface area contributed by atoms with Crippen LogP contribution in [0.4, 0.5) is 4.39 Å². The number of ether oxygens (including phenoxy) is 1. The standard InChI is InChI=1S/C17H33FN2O/c1-4-8-19-11-7-17(16(18)13-19)21-15-5-9-20(10-6-15)12-14(2)3/h14-17H,4-13H2,1-3H3. The van der Waals surface area contributed by atoms with Crippen molar-refractivity contribution in [1.82, 2.24) is 9.80 Å². The Bertz CT molecular complexity index is 293. The van der Waals surface area contributed by atoms with E-state index in [9.17, 15) is 4.39 Å². The van der Waals surface area contributed by atoms with Gasteiger partial charge in [0.1, 0.15) is 6.17 Å². The van der Waals surface area contributed by atoms with E-state index in [4.69, 9.17) is 4.74 Å². The maximum absolute atomic E-state index is 14.2. The summed E-state index contributed by atoms with van der Waals surface area (Å²) in [5, 5.41) is 0. The average molecular weight is 300 g/mol. The van der Waals surface area contributed by atoms with Crippen molar-refractivity contribution in [3.63, 3.8) is 0 Å². The Morgan fingerprint density at radius 2 is 1.76 bits per heavy atom. The van der Waals surface area contributed by atoms with E-state index in [1.165, 1.54) is 6.54 Å². The summed E-state index contributed by atoms with van der Waals surface area (Å²) >= 11 is 0. The van der Waals surface area contributed by atoms with Gasteiger partial charge in [0, 0.05) is 32.7 Å². The van der Waals surface area contributed by atoms with Gasteiger partial charge >= 0.3 is 0 Å². The minimum Gasteiger partial charge on any atom is -0.372 e. The summed E-state index contributed by atoms with van der Waals surface area (Å²) in [6.07, 6.45) is 3.39. The van der Waals surface area contributed by atoms with Gasteiger partial charge in [-0.25, -0.2) is 4.39 Å². The van der Waals surface area contributed by atoms with E-state index >= 15 is 0 Å². The number of piperidine rings is 2. The number of nitrogens with zero attached hydrogens (tertiary/aromatic N) is 2. The van der Waals surface area contributed by atoms with Crippen LogP contribution >= 0.6 is 0 Å². The van der Waals surface area contributed by atoms with Crippen LogP contribution in [0.15, 0.2) is 0 Å². The zero-order valence-electron chi connectivity index (χ0n) is 14.1. The first-order valence-corrected chi connectivity index (χ1v) is 8.82. The van der Waals surface area contributed by atoms with Gasteiger partial charge < -0.3 is 14.5 Å². The molecule has 0 saturated carbocycles. The van der Waals surface area contributed by atoms with Crippen LogP contribution < -0.4 is 0 Å². The molecule has 0 N–H and O–H groups in total. The molecule has 0 radical (unpaired) electrons. The van der Waals surface area contributed by atoms with E-state index in [0.29, 0.717) is 6.54 Å². The topological polar surface area (TPSA) is 15.7 Å². The third-order valence-electron chi connectivity index (χ3n) is 4.63. The van der Waals surface area contributed by atoms with Crippen molar-refractivity contribution in [2.75, 3.05) is 39.3 Å². The van der Waals surface area contributed by atoms with Gasteiger partial charge in [0.2, 0.25) is 0 Å². The van der Waals surface area contributed by atoms with Gasteiger partial charge in [-0.15, -0.1) is 0 Å². The van der Waals surface area contributed by atoms with Gasteiger partial charge in [0.15, 0.2) is 0 Å². The fourth-order valence-electron chi connectivity index (χ4n) is 3.61. The first-order valence-electron chi connectivity index (χ1n) is 8.82. The summed E-state index contributed by atoms with van der Waals surface area (Å²) < 4.78 is 20.3. The first kappa shape index (κ1) is 17.2. The monoisotopic (exact) mass is 300 g/mol. The van der Waals surface area contributed by atoms with Gasteiger partial charge in [0.25, 0.3) is 0 Å². The summed E-state index contributed by atoms with van der Waals surface area (Å²) in [5.74, 6) is 0.723. The maximum Gasteiger partial charge on any atom is 0.139 e. The van der Waals surface area contributed by atoms with Crippen LogP contribution in [0.1, 0.15) is 46.5 Å². The van der Waals surface area contributed by atoms with Crippen LogP contribution in [-0.4, -0.2) is 67.4 Å². The van der Waals surface area contributed by atoms with Crippen molar-refractivity contribution in [2.45, 2.75) is 64.8 Å². The fourth-order valence-corrected chi connectivity index (χ4v) is 3.61. The Labute approximate surface area is 129 Å². The number of hydrogen-bond donors (Lipinski definition) is 0. The predicted octanol–water partition coefficient (Wildman–Crippen LogP) is 2.95. The highest BCUT2D eigenvalue weighted by Gasteiger charge is 2.32. The molecule has 2 atom stereocenters. The van der Waals surface area contributed by atoms with Gasteiger partial charge in [-0.3, -0.25) is 0 Å². The molecule has 2 fully saturated rings. The molecule has 2 aliphatic heterocycles. The second-order valence-corrected chi connectivity index (χ2v) is 7.17. The van der Waals surface area contributed by atoms with Crippen LogP contribution in [0.2, 0.25) is 0 Å². The number of hydrogen-bond acceptors (Lipinski definition) is 3. The SMILES string of the molecule is CCCN1CCC(OC2CCN(CC(C)C)CC2)C(F)C1. The lowest BCUT2D eigenvalue weighted by atomic mass is 10.0. The van der Waals surface area contributed by atoms with Crippen LogP contribution in [0.3, 0.4) is 0 Å². The van der Waals surface area contributed by atoms with E-state index in [-0.39, 0.29) is 12.2 Å². The lowest BCUT2D eigenvalue weighted by Gasteiger charge is -2.39. The van der Waals surface area contributed by atoms with E-state index < -0.39 is 6.17 Å². The molecule has 2 heterocycles. The van der Waals surface area contributed by atoms with Crippen molar-refractivity contribution in [3.05, 3.63) is 0 Å². The summed E-state index contributed by atoms with van der Waals surface area (Å²) in [6.45, 7) is 12.6. The molecule has 0 bridgehead atoms. The van der Waals surface area contributed by atoms with Gasteiger partial charge in [-0.1, -0.05) is 20.8 Å². The van der Waals surface area contributed by atoms with Crippen LogP contribution in [0.5, 0.6) is 0 Å². The normalized spacial score (nSPS) is 30.1. The molecule has 2 aliphatic rings. The fraction of sp³-hybridized carbons (Fsp3) is 1.00. The number of alkyl halides is 1. The second-order valence-electron chi connectivity index (χ2n) is 7.17. The van der Waals surface area contributed by atoms with Crippen molar-refractivity contribution in [3.8, 4) is 0 Å². The van der Waals surface area contributed by atoms with Crippen LogP contribution in [-0.2, 0) is 4.74 Å². The molecule has 2 unspecified atom stereocenters. The van der Waals surface area contributed by atoms with Crippen LogP contribution in [0, 0.1) is 5.92 Å². The van der Waals surface area contributed by atoms with Crippen molar-refractivity contribution in [2.24, 2.45) is 5.92 Å². The smallest absolute Gasteiger partial charge is 0.139 e. The van der Waals surface area contributed by atoms with Crippen molar-refractivity contribution < 1.29 is 9.13 Å². The Morgan fingerprint density at radius 1 is 1.10 bits per heavy atom. The molecule has 2 rings (SSSR count). The molecule has 0 amide bonds.